The highest BCUT2D eigenvalue weighted by Gasteiger charge is 2.81. The summed E-state index contributed by atoms with van der Waals surface area (Å²) in [5.74, 6) is -19.7. The first-order valence-corrected chi connectivity index (χ1v) is 9.80. The molecule has 0 saturated heterocycles. The quantitative estimate of drug-likeness (QED) is 0.348. The fraction of sp³-hybridized carbons (Fsp3) is 0.130. The molecule has 0 spiro atoms. The van der Waals surface area contributed by atoms with Crippen LogP contribution >= 0.6 is 11.3 Å². The fourth-order valence-corrected chi connectivity index (χ4v) is 4.56. The van der Waals surface area contributed by atoms with Crippen LogP contribution < -0.4 is 0 Å². The molecule has 0 atom stereocenters. The fourth-order valence-electron chi connectivity index (χ4n) is 3.38. The van der Waals surface area contributed by atoms with Gasteiger partial charge in [0.05, 0.1) is 5.57 Å². The van der Waals surface area contributed by atoms with Gasteiger partial charge in [-0.05, 0) is 22.8 Å². The summed E-state index contributed by atoms with van der Waals surface area (Å²) in [4.78, 5) is 0.320. The molecule has 8 heteroatoms. The van der Waals surface area contributed by atoms with Gasteiger partial charge >= 0.3 is 17.8 Å². The first-order chi connectivity index (χ1) is 14.5. The van der Waals surface area contributed by atoms with Crippen molar-refractivity contribution >= 4 is 23.0 Å². The Hall–Kier alpha value is -2.87. The van der Waals surface area contributed by atoms with Crippen LogP contribution in [0.25, 0.3) is 32.5 Å². The highest BCUT2D eigenvalue weighted by atomic mass is 32.1. The van der Waals surface area contributed by atoms with E-state index < -0.39 is 34.7 Å². The molecule has 0 bridgehead atoms. The van der Waals surface area contributed by atoms with E-state index >= 15 is 0 Å². The maximum atomic E-state index is 14.5. The Balaban J connectivity index is 1.98. The van der Waals surface area contributed by atoms with E-state index in [9.17, 15) is 30.7 Å². The smallest absolute Gasteiger partial charge is 0.204 e. The first kappa shape index (κ1) is 21.4. The molecule has 0 radical (unpaired) electrons. The number of halogens is 7. The van der Waals surface area contributed by atoms with Gasteiger partial charge in [0.15, 0.2) is 5.83 Å². The van der Waals surface area contributed by atoms with Crippen molar-refractivity contribution < 1.29 is 30.7 Å². The minimum Gasteiger partial charge on any atom is -0.204 e. The number of hydrogen-bond acceptors (Lipinski definition) is 1. The molecule has 1 aliphatic carbocycles. The van der Waals surface area contributed by atoms with Gasteiger partial charge in [-0.25, -0.2) is 4.39 Å². The molecule has 1 aromatic heterocycles. The van der Waals surface area contributed by atoms with Gasteiger partial charge in [-0.2, -0.15) is 26.3 Å². The molecule has 31 heavy (non-hydrogen) atoms. The maximum absolute atomic E-state index is 14.5. The lowest BCUT2D eigenvalue weighted by molar-refractivity contribution is -0.263. The Bertz CT molecular complexity index is 1170. The molecule has 1 aliphatic rings. The Morgan fingerprint density at radius 2 is 1.39 bits per heavy atom. The number of hydrogen-bond donors (Lipinski definition) is 0. The second-order valence-electron chi connectivity index (χ2n) is 6.96. The van der Waals surface area contributed by atoms with E-state index in [4.69, 9.17) is 0 Å². The van der Waals surface area contributed by atoms with Crippen LogP contribution in [0, 0.1) is 0 Å². The first-order valence-electron chi connectivity index (χ1n) is 8.99. The van der Waals surface area contributed by atoms with Crippen molar-refractivity contribution in [2.45, 2.75) is 17.8 Å². The van der Waals surface area contributed by atoms with Gasteiger partial charge in [-0.15, -0.1) is 11.3 Å². The summed E-state index contributed by atoms with van der Waals surface area (Å²) in [7, 11) is 0. The molecule has 160 valence electrons. The third kappa shape index (κ3) is 3.04. The standard InChI is InChI=1S/C23H13F7S/c1-2-13-8-10-14(11-9-13)17-12-16(19(31-17)15-6-4-3-5-7-15)18-20(24)22(27,28)23(29,30)21(18,25)26/h2-12H,1H2. The minimum absolute atomic E-state index is 0.0123. The van der Waals surface area contributed by atoms with Crippen LogP contribution in [-0.4, -0.2) is 17.8 Å². The van der Waals surface area contributed by atoms with Crippen LogP contribution in [0.4, 0.5) is 30.7 Å². The van der Waals surface area contributed by atoms with Gasteiger partial charge < -0.3 is 0 Å². The van der Waals surface area contributed by atoms with Crippen LogP contribution in [0.15, 0.2) is 73.1 Å². The number of alkyl halides is 6. The Kier molecular flexibility index (Phi) is 4.88. The van der Waals surface area contributed by atoms with Crippen LogP contribution in [-0.2, 0) is 0 Å². The molecule has 0 nitrogen and oxygen atoms in total. The van der Waals surface area contributed by atoms with Gasteiger partial charge in [0, 0.05) is 15.3 Å². The lowest BCUT2D eigenvalue weighted by Crippen LogP contribution is -2.48. The summed E-state index contributed by atoms with van der Waals surface area (Å²) in [6.07, 6.45) is 1.59. The largest absolute Gasteiger partial charge is 0.383 e. The lowest BCUT2D eigenvalue weighted by atomic mass is 9.97. The maximum Gasteiger partial charge on any atom is 0.383 e. The van der Waals surface area contributed by atoms with E-state index in [2.05, 4.69) is 6.58 Å². The van der Waals surface area contributed by atoms with Crippen LogP contribution in [0.2, 0.25) is 0 Å². The summed E-state index contributed by atoms with van der Waals surface area (Å²) in [6.45, 7) is 3.62. The predicted molar refractivity (Wildman–Crippen MR) is 108 cm³/mol. The molecule has 0 fully saturated rings. The van der Waals surface area contributed by atoms with Gasteiger partial charge in [0.2, 0.25) is 0 Å². The molecule has 0 aliphatic heterocycles. The molecule has 4 rings (SSSR count). The third-order valence-corrected chi connectivity index (χ3v) is 6.30. The van der Waals surface area contributed by atoms with Gasteiger partial charge in [-0.1, -0.05) is 67.3 Å². The molecular weight excluding hydrogens is 441 g/mol. The zero-order chi connectivity index (χ0) is 22.6. The van der Waals surface area contributed by atoms with Crippen LogP contribution in [0.5, 0.6) is 0 Å². The Labute approximate surface area is 177 Å². The van der Waals surface area contributed by atoms with E-state index in [0.29, 0.717) is 16.0 Å². The Morgan fingerprint density at radius 3 is 1.90 bits per heavy atom. The van der Waals surface area contributed by atoms with Crippen molar-refractivity contribution in [3.63, 3.8) is 0 Å². The highest BCUT2D eigenvalue weighted by molar-refractivity contribution is 7.19. The van der Waals surface area contributed by atoms with E-state index in [1.807, 2.05) is 0 Å². The highest BCUT2D eigenvalue weighted by Crippen LogP contribution is 2.63. The van der Waals surface area contributed by atoms with E-state index in [1.54, 1.807) is 48.5 Å². The molecule has 0 saturated carbocycles. The monoisotopic (exact) mass is 454 g/mol. The molecule has 3 aromatic rings. The molecule has 0 unspecified atom stereocenters. The van der Waals surface area contributed by atoms with Gasteiger partial charge in [0.25, 0.3) is 0 Å². The van der Waals surface area contributed by atoms with E-state index in [1.165, 1.54) is 12.1 Å². The van der Waals surface area contributed by atoms with Crippen molar-refractivity contribution in [2.75, 3.05) is 0 Å². The number of rotatable bonds is 4. The van der Waals surface area contributed by atoms with Crippen molar-refractivity contribution in [2.24, 2.45) is 0 Å². The van der Waals surface area contributed by atoms with Crippen LogP contribution in [0.1, 0.15) is 11.1 Å². The average Bonchev–Trinajstić information content (AvgIpc) is 3.21. The van der Waals surface area contributed by atoms with Gasteiger partial charge in [0.1, 0.15) is 0 Å². The molecular formula is C23H13F7S. The Morgan fingerprint density at radius 1 is 0.774 bits per heavy atom. The normalized spacial score (nSPS) is 18.9. The second-order valence-corrected chi connectivity index (χ2v) is 8.01. The summed E-state index contributed by atoms with van der Waals surface area (Å²) >= 11 is 0.919. The summed E-state index contributed by atoms with van der Waals surface area (Å²) in [5.41, 5.74) is -1.05. The molecule has 1 heterocycles. The molecule has 2 aromatic carbocycles. The van der Waals surface area contributed by atoms with Gasteiger partial charge in [-0.3, -0.25) is 0 Å². The zero-order valence-electron chi connectivity index (χ0n) is 15.6. The molecule has 0 N–H and O–H groups in total. The third-order valence-electron chi connectivity index (χ3n) is 5.07. The second kappa shape index (κ2) is 7.09. The van der Waals surface area contributed by atoms with Crippen molar-refractivity contribution in [1.29, 1.82) is 0 Å². The SMILES string of the molecule is C=Cc1ccc(-c2cc(C3=C(F)C(F)(F)C(F)(F)C3(F)F)c(-c3ccccc3)s2)cc1. The van der Waals surface area contributed by atoms with Crippen molar-refractivity contribution in [3.8, 4) is 20.9 Å². The lowest BCUT2D eigenvalue weighted by Gasteiger charge is -2.24. The van der Waals surface area contributed by atoms with Crippen molar-refractivity contribution in [1.82, 2.24) is 0 Å². The minimum atomic E-state index is -5.89. The summed E-state index contributed by atoms with van der Waals surface area (Å²) in [5, 5.41) is 0. The van der Waals surface area contributed by atoms with E-state index in [0.717, 1.165) is 23.0 Å². The average molecular weight is 454 g/mol. The number of benzene rings is 2. The summed E-state index contributed by atoms with van der Waals surface area (Å²) in [6, 6.07) is 15.5. The zero-order valence-corrected chi connectivity index (χ0v) is 16.4. The van der Waals surface area contributed by atoms with E-state index in [-0.39, 0.29) is 4.88 Å². The number of thiophene rings is 1. The van der Waals surface area contributed by atoms with Crippen molar-refractivity contribution in [3.05, 3.63) is 84.2 Å². The number of allylic oxidation sites excluding steroid dienone is 2. The molecule has 0 amide bonds. The van der Waals surface area contributed by atoms with Crippen LogP contribution in [0.3, 0.4) is 0 Å². The topological polar surface area (TPSA) is 0 Å². The predicted octanol–water partition coefficient (Wildman–Crippen LogP) is 8.33. The summed E-state index contributed by atoms with van der Waals surface area (Å²) < 4.78 is 98.7.